The van der Waals surface area contributed by atoms with Gasteiger partial charge in [0, 0.05) is 41.6 Å². The van der Waals surface area contributed by atoms with Crippen LogP contribution in [0.1, 0.15) is 159 Å². The van der Waals surface area contributed by atoms with Gasteiger partial charge in [-0.1, -0.05) is 222 Å². The molecule has 448 valence electrons. The van der Waals surface area contributed by atoms with Crippen molar-refractivity contribution in [2.24, 2.45) is 34.0 Å². The lowest BCUT2D eigenvalue weighted by atomic mass is 9.66. The van der Waals surface area contributed by atoms with Crippen LogP contribution in [0.2, 0.25) is 0 Å². The van der Waals surface area contributed by atoms with Gasteiger partial charge in [0.2, 0.25) is 0 Å². The lowest BCUT2D eigenvalue weighted by Gasteiger charge is -2.34. The van der Waals surface area contributed by atoms with E-state index in [1.165, 1.54) is 90.7 Å². The first-order valence-corrected chi connectivity index (χ1v) is 33.5. The number of nitrogens with zero attached hydrogens (tertiary/aromatic N) is 4. The van der Waals surface area contributed by atoms with Gasteiger partial charge in [0.25, 0.3) is 0 Å². The molecule has 3 unspecified atom stereocenters. The molecule has 3 atom stereocenters. The molecule has 10 aromatic rings. The Balaban J connectivity index is 0.000000141. The topological polar surface area (TPSA) is 53.1 Å². The lowest BCUT2D eigenvalue weighted by molar-refractivity contribution is 0.00578. The van der Waals surface area contributed by atoms with Crippen LogP contribution >= 0.6 is 31.9 Å². The van der Waals surface area contributed by atoms with Crippen molar-refractivity contribution in [1.82, 2.24) is 18.8 Å². The highest BCUT2D eigenvalue weighted by atomic mass is 79.9. The molecule has 0 N–H and O–H groups in total. The number of hydrogen-bond acceptors (Lipinski definition) is 4. The maximum atomic E-state index is 6.13. The molecular formula is C78H87BBr2N4O2. The fourth-order valence-electron chi connectivity index (χ4n) is 14.2. The standard InChI is InChI=1S/C41H46N2.C21H12Br2N2.C16H29BO2/c1-40(2,3)29-22-18-27(19-23-29)31-15-11-16-32(28-20-24-30(25-21-28)41(4,5)6)38(31)37-26-42-39-35-14-8-7-12-33(35)34-13-9-10-17-36(34)43(37)39;22-16-9-5-10-17(23)20(16)19-12-24-21-15-8-2-1-6-13(15)14-7-3-4-11-18(14)25(19)21;1-14(2,3)12-8-10-13(11-9-12)17-18-15(4,5)16(6,7)19-17/h7-18,20,26,29-30H,19,21-25H2,1-6H3;1-12H;10,12H,8-9,11H2,1-7H3. The van der Waals surface area contributed by atoms with Crippen LogP contribution in [0.3, 0.4) is 0 Å². The summed E-state index contributed by atoms with van der Waals surface area (Å²) in [4.78, 5) is 9.94. The fraction of sp³-hybridized carbons (Fsp3) is 0.385. The van der Waals surface area contributed by atoms with E-state index in [0.29, 0.717) is 16.2 Å². The van der Waals surface area contributed by atoms with Gasteiger partial charge in [-0.2, -0.15) is 0 Å². The first-order valence-electron chi connectivity index (χ1n) is 31.9. The van der Waals surface area contributed by atoms with Crippen LogP contribution in [-0.2, 0) is 9.31 Å². The van der Waals surface area contributed by atoms with E-state index in [1.807, 2.05) is 12.3 Å². The molecular weight excluding hydrogens is 1200 g/mol. The number of allylic oxidation sites excluding steroid dienone is 6. The van der Waals surface area contributed by atoms with E-state index in [2.05, 4.69) is 282 Å². The van der Waals surface area contributed by atoms with Gasteiger partial charge >= 0.3 is 7.12 Å². The molecule has 1 fully saturated rings. The second-order valence-corrected chi connectivity index (χ2v) is 31.1. The third-order valence-corrected chi connectivity index (χ3v) is 21.8. The van der Waals surface area contributed by atoms with Crippen molar-refractivity contribution >= 4 is 105 Å². The summed E-state index contributed by atoms with van der Waals surface area (Å²) in [7, 11) is -0.133. The molecule has 6 aromatic carbocycles. The summed E-state index contributed by atoms with van der Waals surface area (Å²) in [5.74, 6) is 2.23. The molecule has 9 heteroatoms. The number of fused-ring (bicyclic) bond motifs is 12. The van der Waals surface area contributed by atoms with E-state index in [1.54, 1.807) is 0 Å². The van der Waals surface area contributed by atoms with E-state index in [0.717, 1.165) is 98.7 Å². The van der Waals surface area contributed by atoms with Gasteiger partial charge in [0.05, 0.1) is 46.0 Å². The average Bonchev–Trinajstić information content (AvgIpc) is 1.76. The molecule has 0 bridgehead atoms. The van der Waals surface area contributed by atoms with E-state index < -0.39 is 0 Å². The largest absolute Gasteiger partial charge is 0.490 e. The van der Waals surface area contributed by atoms with Crippen molar-refractivity contribution in [3.63, 3.8) is 0 Å². The molecule has 14 rings (SSSR count). The van der Waals surface area contributed by atoms with Crippen LogP contribution in [0, 0.1) is 34.0 Å². The molecule has 4 aromatic heterocycles. The number of aromatic nitrogens is 4. The summed E-state index contributed by atoms with van der Waals surface area (Å²) in [5.41, 5.74) is 16.9. The lowest BCUT2D eigenvalue weighted by Crippen LogP contribution is -2.41. The first-order chi connectivity index (χ1) is 41.4. The van der Waals surface area contributed by atoms with Crippen molar-refractivity contribution in [1.29, 1.82) is 0 Å². The Bertz CT molecular complexity index is 4250. The number of rotatable bonds is 5. The Kier molecular flexibility index (Phi) is 16.7. The summed E-state index contributed by atoms with van der Waals surface area (Å²) in [6, 6.07) is 47.8. The minimum Gasteiger partial charge on any atom is -0.400 e. The summed E-state index contributed by atoms with van der Waals surface area (Å²) in [6.07, 6.45) is 22.2. The van der Waals surface area contributed by atoms with E-state index >= 15 is 0 Å². The quantitative estimate of drug-likeness (QED) is 0.127. The van der Waals surface area contributed by atoms with Crippen LogP contribution in [0.15, 0.2) is 178 Å². The fourth-order valence-corrected chi connectivity index (χ4v) is 15.6. The Morgan fingerprint density at radius 1 is 0.437 bits per heavy atom. The molecule has 4 aliphatic rings. The van der Waals surface area contributed by atoms with Crippen LogP contribution in [0.25, 0.3) is 88.3 Å². The van der Waals surface area contributed by atoms with E-state index in [9.17, 15) is 0 Å². The monoisotopic (exact) mass is 1280 g/mol. The van der Waals surface area contributed by atoms with Gasteiger partial charge in [-0.3, -0.25) is 8.80 Å². The summed E-state index contributed by atoms with van der Waals surface area (Å²) in [6.45, 7) is 29.9. The molecule has 3 aliphatic carbocycles. The zero-order valence-electron chi connectivity index (χ0n) is 53.6. The summed E-state index contributed by atoms with van der Waals surface area (Å²) < 4.78 is 19.1. The minimum atomic E-state index is -0.223. The molecule has 1 aliphatic heterocycles. The number of benzene rings is 6. The SMILES string of the molecule is Brc1cccc(Br)c1-c1cnc2c3ccccc3c3ccccc3n12.CC(C)(C)C1CC=C(B2OC(C)(C)C(C)(C)O2)CC1.CC(C)(C)C1CC=C(c2cccc(C3=CCC(C(C)(C)C)CC3)c2-c2cnc3c4ccccc4c4ccccc4n23)CC1. The molecule has 0 saturated carbocycles. The second-order valence-electron chi connectivity index (χ2n) is 29.4. The Morgan fingerprint density at radius 3 is 1.20 bits per heavy atom. The third-order valence-electron chi connectivity index (χ3n) is 20.5. The van der Waals surface area contributed by atoms with Crippen molar-refractivity contribution < 1.29 is 9.31 Å². The predicted molar refractivity (Wildman–Crippen MR) is 377 cm³/mol. The van der Waals surface area contributed by atoms with Crippen molar-refractivity contribution in [3.05, 3.63) is 190 Å². The summed E-state index contributed by atoms with van der Waals surface area (Å²) in [5, 5.41) is 7.38. The number of halogens is 2. The van der Waals surface area contributed by atoms with Crippen molar-refractivity contribution in [3.8, 4) is 22.5 Å². The van der Waals surface area contributed by atoms with E-state index in [4.69, 9.17) is 19.3 Å². The normalized spacial score (nSPS) is 19.9. The van der Waals surface area contributed by atoms with Crippen LogP contribution < -0.4 is 0 Å². The van der Waals surface area contributed by atoms with E-state index in [-0.39, 0.29) is 18.3 Å². The Morgan fingerprint density at radius 2 is 0.805 bits per heavy atom. The smallest absolute Gasteiger partial charge is 0.400 e. The molecule has 1 saturated heterocycles. The highest BCUT2D eigenvalue weighted by Gasteiger charge is 2.52. The van der Waals surface area contributed by atoms with Gasteiger partial charge in [-0.25, -0.2) is 9.97 Å². The molecule has 0 amide bonds. The predicted octanol–water partition coefficient (Wildman–Crippen LogP) is 23.0. The van der Waals surface area contributed by atoms with Crippen molar-refractivity contribution in [2.75, 3.05) is 0 Å². The molecule has 5 heterocycles. The maximum Gasteiger partial charge on any atom is 0.490 e. The Hall–Kier alpha value is -6.10. The van der Waals surface area contributed by atoms with Crippen LogP contribution in [0.5, 0.6) is 0 Å². The Labute approximate surface area is 534 Å². The van der Waals surface area contributed by atoms with Crippen molar-refractivity contribution in [2.45, 2.75) is 159 Å². The zero-order valence-corrected chi connectivity index (χ0v) is 56.8. The highest BCUT2D eigenvalue weighted by Crippen LogP contribution is 2.49. The third kappa shape index (κ3) is 11.8. The maximum absolute atomic E-state index is 6.13. The second kappa shape index (κ2) is 23.7. The highest BCUT2D eigenvalue weighted by molar-refractivity contribution is 9.11. The van der Waals surface area contributed by atoms with Crippen LogP contribution in [0.4, 0.5) is 0 Å². The molecule has 0 spiro atoms. The minimum absolute atomic E-state index is 0.133. The zero-order chi connectivity index (χ0) is 61.4. The average molecular weight is 1280 g/mol. The van der Waals surface area contributed by atoms with Gasteiger partial charge in [0.1, 0.15) is 11.3 Å². The number of para-hydroxylation sites is 2. The van der Waals surface area contributed by atoms with Crippen LogP contribution in [-0.4, -0.2) is 37.1 Å². The van der Waals surface area contributed by atoms with Gasteiger partial charge < -0.3 is 9.31 Å². The van der Waals surface area contributed by atoms with Gasteiger partial charge in [0.15, 0.2) is 0 Å². The van der Waals surface area contributed by atoms with Gasteiger partial charge in [-0.15, -0.1) is 0 Å². The molecule has 0 radical (unpaired) electrons. The first kappa shape index (κ1) is 61.2. The summed E-state index contributed by atoms with van der Waals surface area (Å²) >= 11 is 7.39. The molecule has 6 nitrogen and oxygen atoms in total. The number of imidazole rings is 2. The van der Waals surface area contributed by atoms with Gasteiger partial charge in [-0.05, 0) is 182 Å². The molecule has 87 heavy (non-hydrogen) atoms. The number of pyridine rings is 2. The number of hydrogen-bond donors (Lipinski definition) is 0.